The molecule has 0 N–H and O–H groups in total. The van der Waals surface area contributed by atoms with E-state index in [0.717, 1.165) is 31.3 Å². The first-order chi connectivity index (χ1) is 27.5. The van der Waals surface area contributed by atoms with Gasteiger partial charge in [-0.2, -0.15) is 0 Å². The Morgan fingerprint density at radius 2 is 1.23 bits per heavy atom. The van der Waals surface area contributed by atoms with Gasteiger partial charge < -0.3 is 4.42 Å². The molecule has 224 valence electrons. The highest BCUT2D eigenvalue weighted by atomic mass is 32.1. The number of rotatable bonds is 4. The van der Waals surface area contributed by atoms with Crippen LogP contribution in [0.15, 0.2) is 156 Å². The van der Waals surface area contributed by atoms with Gasteiger partial charge in [0.05, 0.1) is 12.3 Å². The van der Waals surface area contributed by atoms with Crippen LogP contribution in [0.25, 0.3) is 98.2 Å². The maximum absolute atomic E-state index is 9.51. The molecule has 0 aliphatic heterocycles. The Kier molecular flexibility index (Phi) is 4.34. The fraction of sp³-hybridized carbons (Fsp3) is 0. The van der Waals surface area contributed by atoms with Crippen molar-refractivity contribution in [2.24, 2.45) is 0 Å². The maximum Gasteiger partial charge on any atom is 0.164 e. The quantitative estimate of drug-likeness (QED) is 0.192. The van der Waals surface area contributed by atoms with Crippen LogP contribution in [0.4, 0.5) is 0 Å². The third-order valence-electron chi connectivity index (χ3n) is 8.40. The Hall–Kier alpha value is -6.17. The number of hydrogen-bond donors (Lipinski definition) is 0. The first-order valence-electron chi connectivity index (χ1n) is 19.7. The summed E-state index contributed by atoms with van der Waals surface area (Å²) < 4.78 is 87.8. The zero-order valence-electron chi connectivity index (χ0n) is 33.9. The summed E-state index contributed by atoms with van der Waals surface area (Å²) in [6.07, 6.45) is 0. The van der Waals surface area contributed by atoms with Gasteiger partial charge in [-0.15, -0.1) is 11.3 Å². The van der Waals surface area contributed by atoms with E-state index in [4.69, 9.17) is 27.6 Å². The van der Waals surface area contributed by atoms with Crippen molar-refractivity contribution in [2.45, 2.75) is 0 Å². The molecule has 0 aliphatic carbocycles. The van der Waals surface area contributed by atoms with Crippen LogP contribution in [0.5, 0.6) is 0 Å². The first-order valence-corrected chi connectivity index (χ1v) is 16.0. The summed E-state index contributed by atoms with van der Waals surface area (Å²) in [7, 11) is 0. The molecule has 0 atom stereocenters. The van der Waals surface area contributed by atoms with Gasteiger partial charge in [0.25, 0.3) is 0 Å². The van der Waals surface area contributed by atoms with E-state index in [1.807, 2.05) is 78.9 Å². The van der Waals surface area contributed by atoms with Crippen molar-refractivity contribution in [2.75, 3.05) is 0 Å². The van der Waals surface area contributed by atoms with Gasteiger partial charge in [-0.25, -0.2) is 15.0 Å². The molecule has 10 rings (SSSR count). The number of thiophene rings is 1. The standard InChI is InChI=1S/C43H25N3OS/c1-3-11-26(12-4-1)30-23-35(39-34-17-9-10-18-37(34)48-38(39)25-30)43-45-41(28-14-5-2-6-15-28)44-42(46-43)29-20-21-32-33-22-19-27-13-7-8-16-31(27)40(33)47-36(32)24-29/h1-25H/i7D,8D,13D,16D,19D,20D,21D,22D,24D. The lowest BCUT2D eigenvalue weighted by molar-refractivity contribution is 0.673. The molecular weight excluding hydrogens is 607 g/mol. The second-order valence-electron chi connectivity index (χ2n) is 11.3. The molecule has 0 saturated carbocycles. The van der Waals surface area contributed by atoms with Gasteiger partial charge in [-0.1, -0.05) is 115 Å². The van der Waals surface area contributed by atoms with Crippen LogP contribution < -0.4 is 0 Å². The number of hydrogen-bond acceptors (Lipinski definition) is 5. The number of fused-ring (bicyclic) bond motifs is 8. The van der Waals surface area contributed by atoms with Crippen LogP contribution in [0.2, 0.25) is 0 Å². The van der Waals surface area contributed by atoms with E-state index in [-0.39, 0.29) is 61.8 Å². The Morgan fingerprint density at radius 3 is 2.08 bits per heavy atom. The second kappa shape index (κ2) is 10.7. The molecular formula is C43H25N3OS. The minimum absolute atomic E-state index is 0.0541. The normalized spacial score (nSPS) is 14.4. The zero-order chi connectivity index (χ0) is 39.4. The summed E-state index contributed by atoms with van der Waals surface area (Å²) >= 11 is 1.65. The van der Waals surface area contributed by atoms with E-state index >= 15 is 0 Å². The maximum atomic E-state index is 9.51. The monoisotopic (exact) mass is 640 g/mol. The van der Waals surface area contributed by atoms with E-state index in [0.29, 0.717) is 11.1 Å². The molecule has 0 aliphatic rings. The third-order valence-corrected chi connectivity index (χ3v) is 9.52. The number of aromatic nitrogens is 3. The molecule has 0 fully saturated rings. The predicted octanol–water partition coefficient (Wildman–Crippen LogP) is 12.0. The fourth-order valence-electron chi connectivity index (χ4n) is 6.17. The average molecular weight is 641 g/mol. The Labute approximate surface area is 292 Å². The topological polar surface area (TPSA) is 51.8 Å². The van der Waals surface area contributed by atoms with Gasteiger partial charge in [0.15, 0.2) is 17.5 Å². The van der Waals surface area contributed by atoms with E-state index in [2.05, 4.69) is 18.2 Å². The lowest BCUT2D eigenvalue weighted by Gasteiger charge is -2.11. The second-order valence-corrected chi connectivity index (χ2v) is 12.4. The molecule has 3 aromatic heterocycles. The van der Waals surface area contributed by atoms with Gasteiger partial charge in [-0.3, -0.25) is 0 Å². The van der Waals surface area contributed by atoms with E-state index in [1.165, 1.54) is 0 Å². The van der Waals surface area contributed by atoms with E-state index < -0.39 is 48.3 Å². The summed E-state index contributed by atoms with van der Waals surface area (Å²) in [5.41, 5.74) is 2.81. The molecule has 48 heavy (non-hydrogen) atoms. The summed E-state index contributed by atoms with van der Waals surface area (Å²) in [6.45, 7) is 0. The first kappa shape index (κ1) is 19.5. The molecule has 4 nitrogen and oxygen atoms in total. The van der Waals surface area contributed by atoms with E-state index in [9.17, 15) is 4.11 Å². The summed E-state index contributed by atoms with van der Waals surface area (Å²) in [4.78, 5) is 14.8. The highest BCUT2D eigenvalue weighted by Gasteiger charge is 2.19. The molecule has 10 aromatic rings. The number of furan rings is 1. The van der Waals surface area contributed by atoms with E-state index in [1.54, 1.807) is 11.3 Å². The van der Waals surface area contributed by atoms with Crippen LogP contribution in [0, 0.1) is 0 Å². The van der Waals surface area contributed by atoms with Crippen LogP contribution in [0.3, 0.4) is 0 Å². The summed E-state index contributed by atoms with van der Waals surface area (Å²) in [5.74, 6) is 0.508. The minimum Gasteiger partial charge on any atom is -0.455 e. The highest BCUT2D eigenvalue weighted by Crippen LogP contribution is 2.43. The number of benzene rings is 7. The van der Waals surface area contributed by atoms with Crippen molar-refractivity contribution >= 4 is 64.2 Å². The van der Waals surface area contributed by atoms with Gasteiger partial charge in [0.1, 0.15) is 11.2 Å². The Balaban J connectivity index is 1.31. The van der Waals surface area contributed by atoms with Crippen LogP contribution in [-0.2, 0) is 0 Å². The lowest BCUT2D eigenvalue weighted by Crippen LogP contribution is -2.00. The van der Waals surface area contributed by atoms with Gasteiger partial charge >= 0.3 is 0 Å². The Bertz CT molecular complexity index is 3350. The average Bonchev–Trinajstić information content (AvgIpc) is 3.83. The Morgan fingerprint density at radius 1 is 0.521 bits per heavy atom. The molecule has 0 radical (unpaired) electrons. The van der Waals surface area contributed by atoms with Gasteiger partial charge in [0, 0.05) is 53.0 Å². The predicted molar refractivity (Wildman–Crippen MR) is 199 cm³/mol. The molecule has 0 saturated heterocycles. The van der Waals surface area contributed by atoms with Crippen molar-refractivity contribution < 1.29 is 16.8 Å². The molecule has 5 heteroatoms. The molecule has 7 aromatic carbocycles. The SMILES string of the molecule is [2H]c1c([2H])c([2H])c2c(c1[2H])c([2H])c([2H])c1c2oc2c([2H])c(-c3nc(-c4ccccc4)nc(-c4cc(-c5ccccc5)cc5sc6ccccc6c45)n3)c([2H])c([2H])c21. The molecule has 0 unspecified atom stereocenters. The molecule has 0 amide bonds. The smallest absolute Gasteiger partial charge is 0.164 e. The van der Waals surface area contributed by atoms with Crippen molar-refractivity contribution in [1.82, 2.24) is 15.0 Å². The fourth-order valence-corrected chi connectivity index (χ4v) is 7.34. The van der Waals surface area contributed by atoms with Crippen molar-refractivity contribution in [1.29, 1.82) is 0 Å². The van der Waals surface area contributed by atoms with Crippen molar-refractivity contribution in [3.05, 3.63) is 151 Å². The van der Waals surface area contributed by atoms with Crippen LogP contribution in [0.1, 0.15) is 12.3 Å². The largest absolute Gasteiger partial charge is 0.455 e. The zero-order valence-corrected chi connectivity index (χ0v) is 25.7. The van der Waals surface area contributed by atoms with Crippen LogP contribution >= 0.6 is 11.3 Å². The summed E-state index contributed by atoms with van der Waals surface area (Å²) in [6, 6.07) is 27.3. The van der Waals surface area contributed by atoms with Gasteiger partial charge in [-0.05, 0) is 52.8 Å². The van der Waals surface area contributed by atoms with Crippen molar-refractivity contribution in [3.8, 4) is 45.3 Å². The number of nitrogens with zero attached hydrogens (tertiary/aromatic N) is 3. The third kappa shape index (κ3) is 4.33. The van der Waals surface area contributed by atoms with Gasteiger partial charge in [0.2, 0.25) is 0 Å². The minimum atomic E-state index is -0.559. The van der Waals surface area contributed by atoms with Crippen LogP contribution in [-0.4, -0.2) is 15.0 Å². The molecule has 0 spiro atoms. The summed E-state index contributed by atoms with van der Waals surface area (Å²) in [5, 5.41) is 1.43. The van der Waals surface area contributed by atoms with Crippen molar-refractivity contribution in [3.63, 3.8) is 0 Å². The highest BCUT2D eigenvalue weighted by molar-refractivity contribution is 7.26. The lowest BCUT2D eigenvalue weighted by atomic mass is 9.98. The molecule has 0 bridgehead atoms. The molecule has 3 heterocycles.